The van der Waals surface area contributed by atoms with E-state index in [2.05, 4.69) is 16.2 Å². The Kier molecular flexibility index (Phi) is 2.14. The second kappa shape index (κ2) is 3.77. The van der Waals surface area contributed by atoms with Crippen LogP contribution in [0.25, 0.3) is 32.1 Å². The second-order valence-electron chi connectivity index (χ2n) is 3.76. The molecule has 4 heteroatoms. The zero-order valence-electron chi connectivity index (χ0n) is 8.99. The van der Waals surface area contributed by atoms with Gasteiger partial charge < -0.3 is 0 Å². The highest BCUT2D eigenvalue weighted by Crippen LogP contribution is 2.21. The summed E-state index contributed by atoms with van der Waals surface area (Å²) in [6, 6.07) is 15.9. The van der Waals surface area contributed by atoms with Crippen molar-refractivity contribution in [3.05, 3.63) is 65.2 Å². The summed E-state index contributed by atoms with van der Waals surface area (Å²) in [5.74, 6) is 0. The van der Waals surface area contributed by atoms with Crippen LogP contribution >= 0.6 is 0 Å². The summed E-state index contributed by atoms with van der Waals surface area (Å²) < 4.78 is 1.57. The number of nitrogens with zero attached hydrogens (tertiary/aromatic N) is 4. The number of fused-ring (bicyclic) bond motifs is 3. The Bertz CT molecular complexity index is 758. The van der Waals surface area contributed by atoms with Gasteiger partial charge in [-0.15, -0.1) is 0 Å². The van der Waals surface area contributed by atoms with E-state index in [0.29, 0.717) is 0 Å². The van der Waals surface area contributed by atoms with Crippen molar-refractivity contribution in [2.75, 3.05) is 0 Å². The van der Waals surface area contributed by atoms with Gasteiger partial charge in [0.1, 0.15) is 0 Å². The lowest BCUT2D eigenvalue weighted by atomic mass is 10.1. The van der Waals surface area contributed by atoms with Crippen LogP contribution in [-0.4, -0.2) is 0 Å². The zero-order valence-corrected chi connectivity index (χ0v) is 8.99. The maximum absolute atomic E-state index is 8.59. The Hall–Kier alpha value is -2.58. The summed E-state index contributed by atoms with van der Waals surface area (Å²) >= 11 is 0. The summed E-state index contributed by atoms with van der Waals surface area (Å²) in [5.41, 5.74) is 9.50. The number of hydrogen-bond donors (Lipinski definition) is 0. The first-order valence-corrected chi connectivity index (χ1v) is 5.28. The topological polar surface area (TPSA) is 52.6 Å². The molecule has 0 saturated heterocycles. The summed E-state index contributed by atoms with van der Waals surface area (Å²) in [4.78, 5) is 2.85. The maximum atomic E-state index is 8.59. The van der Waals surface area contributed by atoms with Gasteiger partial charge in [-0.25, -0.2) is 0 Å². The van der Waals surface area contributed by atoms with E-state index in [0.717, 1.165) is 21.7 Å². The van der Waals surface area contributed by atoms with Crippen LogP contribution in [0.4, 0.5) is 0 Å². The van der Waals surface area contributed by atoms with E-state index < -0.39 is 0 Å². The molecular formula is C13H9N4+. The van der Waals surface area contributed by atoms with Crippen molar-refractivity contribution in [2.24, 2.45) is 5.22 Å². The molecule has 0 amide bonds. The third-order valence-electron chi connectivity index (χ3n) is 2.80. The number of rotatable bonds is 1. The molecule has 0 aliphatic heterocycles. The minimum Gasteiger partial charge on any atom is -0.0752 e. The Balaban J connectivity index is 2.59. The van der Waals surface area contributed by atoms with Crippen LogP contribution in [0.5, 0.6) is 0 Å². The SMILES string of the molecule is [N-]=[N+]=N[n+]1cc2ccccc2c2ccccc21. The molecule has 1 aromatic heterocycles. The number of para-hydroxylation sites is 1. The summed E-state index contributed by atoms with van der Waals surface area (Å²) in [6.07, 6.45) is 1.84. The largest absolute Gasteiger partial charge is 0.232 e. The van der Waals surface area contributed by atoms with Crippen LogP contribution in [0.3, 0.4) is 0 Å². The van der Waals surface area contributed by atoms with Gasteiger partial charge in [0.15, 0.2) is 6.20 Å². The van der Waals surface area contributed by atoms with Crippen LogP contribution in [0.15, 0.2) is 60.0 Å². The van der Waals surface area contributed by atoms with Crippen LogP contribution in [0.2, 0.25) is 0 Å². The first-order chi connectivity index (χ1) is 8.40. The van der Waals surface area contributed by atoms with Gasteiger partial charge >= 0.3 is 0 Å². The van der Waals surface area contributed by atoms with Crippen LogP contribution in [0, 0.1) is 0 Å². The first-order valence-electron chi connectivity index (χ1n) is 5.28. The van der Waals surface area contributed by atoms with Crippen LogP contribution in [-0.2, 0) is 0 Å². The molecule has 3 aromatic rings. The lowest BCUT2D eigenvalue weighted by Gasteiger charge is -2.00. The van der Waals surface area contributed by atoms with Crippen molar-refractivity contribution in [2.45, 2.75) is 0 Å². The van der Waals surface area contributed by atoms with Crippen molar-refractivity contribution in [1.82, 2.24) is 0 Å². The molecule has 4 nitrogen and oxygen atoms in total. The fraction of sp³-hybridized carbons (Fsp3) is 0. The van der Waals surface area contributed by atoms with E-state index in [1.807, 2.05) is 48.7 Å². The van der Waals surface area contributed by atoms with E-state index in [1.54, 1.807) is 4.68 Å². The third-order valence-corrected chi connectivity index (χ3v) is 2.80. The molecule has 0 aliphatic carbocycles. The van der Waals surface area contributed by atoms with Gasteiger partial charge in [0.05, 0.1) is 10.3 Å². The van der Waals surface area contributed by atoms with E-state index >= 15 is 0 Å². The third kappa shape index (κ3) is 1.48. The lowest BCUT2D eigenvalue weighted by Crippen LogP contribution is -2.26. The molecule has 3 rings (SSSR count). The van der Waals surface area contributed by atoms with Gasteiger partial charge in [0.25, 0.3) is 0 Å². The summed E-state index contributed by atoms with van der Waals surface area (Å²) in [5, 5.41) is 6.98. The molecule has 0 bridgehead atoms. The summed E-state index contributed by atoms with van der Waals surface area (Å²) in [7, 11) is 0. The van der Waals surface area contributed by atoms with Crippen molar-refractivity contribution in [1.29, 1.82) is 0 Å². The number of pyridine rings is 1. The molecular weight excluding hydrogens is 212 g/mol. The van der Waals surface area contributed by atoms with Gasteiger partial charge in [0.2, 0.25) is 10.7 Å². The standard InChI is InChI=1S/C13H9N4/c14-15-16-17-9-10-5-1-2-6-11(10)12-7-3-4-8-13(12)17/h1-9H/q+1. The number of azide groups is 1. The van der Waals surface area contributed by atoms with Crippen molar-refractivity contribution in [3.63, 3.8) is 0 Å². The van der Waals surface area contributed by atoms with E-state index in [4.69, 9.17) is 5.53 Å². The Labute approximate surface area is 97.3 Å². The molecule has 0 radical (unpaired) electrons. The zero-order chi connectivity index (χ0) is 11.7. The monoisotopic (exact) mass is 221 g/mol. The van der Waals surface area contributed by atoms with Crippen LogP contribution in [0.1, 0.15) is 0 Å². The van der Waals surface area contributed by atoms with Gasteiger partial charge in [-0.3, -0.25) is 0 Å². The van der Waals surface area contributed by atoms with Gasteiger partial charge in [0, 0.05) is 22.4 Å². The Morgan fingerprint density at radius 3 is 2.47 bits per heavy atom. The molecule has 0 fully saturated rings. The van der Waals surface area contributed by atoms with Gasteiger partial charge in [-0.05, 0) is 12.1 Å². The van der Waals surface area contributed by atoms with Crippen LogP contribution < -0.4 is 4.68 Å². The van der Waals surface area contributed by atoms with E-state index in [-0.39, 0.29) is 0 Å². The second-order valence-corrected chi connectivity index (χ2v) is 3.76. The highest BCUT2D eigenvalue weighted by molar-refractivity contribution is 6.03. The molecule has 2 aromatic carbocycles. The fourth-order valence-corrected chi connectivity index (χ4v) is 2.07. The average molecular weight is 221 g/mol. The van der Waals surface area contributed by atoms with Crippen molar-refractivity contribution >= 4 is 21.7 Å². The molecule has 0 N–H and O–H groups in total. The predicted molar refractivity (Wildman–Crippen MR) is 66.2 cm³/mol. The number of aromatic nitrogens is 1. The number of hydrogen-bond acceptors (Lipinski definition) is 1. The molecule has 80 valence electrons. The minimum absolute atomic E-state index is 0.906. The predicted octanol–water partition coefficient (Wildman–Crippen LogP) is 3.35. The minimum atomic E-state index is 0.906. The normalized spacial score (nSPS) is 10.4. The molecule has 17 heavy (non-hydrogen) atoms. The molecule has 1 heterocycles. The highest BCUT2D eigenvalue weighted by atomic mass is 15.5. The molecule has 0 unspecified atom stereocenters. The van der Waals surface area contributed by atoms with Gasteiger partial charge in [-0.1, -0.05) is 35.0 Å². The van der Waals surface area contributed by atoms with E-state index in [1.165, 1.54) is 0 Å². The van der Waals surface area contributed by atoms with E-state index in [9.17, 15) is 0 Å². The Morgan fingerprint density at radius 2 is 1.65 bits per heavy atom. The maximum Gasteiger partial charge on any atom is 0.232 e. The van der Waals surface area contributed by atoms with Crippen molar-refractivity contribution in [3.8, 4) is 0 Å². The number of benzene rings is 2. The molecule has 0 atom stereocenters. The highest BCUT2D eigenvalue weighted by Gasteiger charge is 2.11. The molecule has 0 saturated carbocycles. The first kappa shape index (κ1) is 9.63. The molecule has 0 spiro atoms. The van der Waals surface area contributed by atoms with Gasteiger partial charge in [-0.2, -0.15) is 0 Å². The Morgan fingerprint density at radius 1 is 0.941 bits per heavy atom. The molecule has 0 aliphatic rings. The van der Waals surface area contributed by atoms with Crippen molar-refractivity contribution < 1.29 is 4.68 Å². The average Bonchev–Trinajstić information content (AvgIpc) is 2.39. The lowest BCUT2D eigenvalue weighted by molar-refractivity contribution is -0.653. The fourth-order valence-electron chi connectivity index (χ4n) is 2.07. The summed E-state index contributed by atoms with van der Waals surface area (Å²) in [6.45, 7) is 0. The smallest absolute Gasteiger partial charge is 0.0752 e. The quantitative estimate of drug-likeness (QED) is 0.199.